The highest BCUT2D eigenvalue weighted by Gasteiger charge is 2.42. The number of nitrogens with one attached hydrogen (secondary N) is 4. The Bertz CT molecular complexity index is 2410. The van der Waals surface area contributed by atoms with Gasteiger partial charge in [0.1, 0.15) is 35.8 Å². The maximum absolute atomic E-state index is 13.9. The van der Waals surface area contributed by atoms with E-state index in [0.29, 0.717) is 36.6 Å². The first-order chi connectivity index (χ1) is 29.3. The van der Waals surface area contributed by atoms with Gasteiger partial charge in [-0.2, -0.15) is 0 Å². The van der Waals surface area contributed by atoms with E-state index in [1.807, 2.05) is 60.0 Å². The number of aromatic nitrogens is 4. The molecule has 0 spiro atoms. The molecule has 4 aliphatic rings. The Hall–Kier alpha value is -6.18. The number of amides is 4. The third kappa shape index (κ3) is 7.83. The SMILES string of the molecule is COC(=O)NC(C(=O)N1CC(C)=CC1c1ncc(-c2ccc(-c3ccc(-c4cnc(C5C=C(C)CN5C(=O)C(NC(=O)OC)C(C)C)[nH]4)c4c3C3CCC4C3)cc2)[nH]1)C(C)C. The number of carbonyl (C=O) groups excluding carboxylic acids is 4. The van der Waals surface area contributed by atoms with Gasteiger partial charge in [0.05, 0.1) is 38.0 Å². The van der Waals surface area contributed by atoms with Gasteiger partial charge in [-0.05, 0) is 84.6 Å². The van der Waals surface area contributed by atoms with Crippen molar-refractivity contribution >= 4 is 24.0 Å². The van der Waals surface area contributed by atoms with Crippen LogP contribution in [-0.2, 0) is 19.1 Å². The molecule has 4 amide bonds. The summed E-state index contributed by atoms with van der Waals surface area (Å²) in [7, 11) is 2.58. The predicted molar refractivity (Wildman–Crippen MR) is 231 cm³/mol. The molecule has 4 aromatic rings. The van der Waals surface area contributed by atoms with Gasteiger partial charge >= 0.3 is 12.2 Å². The zero-order valence-electron chi connectivity index (χ0n) is 36.2. The van der Waals surface area contributed by atoms with E-state index in [2.05, 4.69) is 63.1 Å². The van der Waals surface area contributed by atoms with Crippen molar-refractivity contribution in [3.63, 3.8) is 0 Å². The van der Waals surface area contributed by atoms with Gasteiger partial charge in [0, 0.05) is 18.7 Å². The minimum Gasteiger partial charge on any atom is -0.453 e. The van der Waals surface area contributed by atoms with Gasteiger partial charge in [0.25, 0.3) is 0 Å². The number of aromatic amines is 2. The molecule has 1 fully saturated rings. The maximum Gasteiger partial charge on any atom is 0.407 e. The number of hydrogen-bond donors (Lipinski definition) is 4. The molecule has 2 aromatic carbocycles. The summed E-state index contributed by atoms with van der Waals surface area (Å²) in [5.41, 5.74) is 11.2. The first kappa shape index (κ1) is 41.5. The largest absolute Gasteiger partial charge is 0.453 e. The van der Waals surface area contributed by atoms with Crippen molar-refractivity contribution in [2.45, 2.75) is 96.8 Å². The van der Waals surface area contributed by atoms with E-state index in [-0.39, 0.29) is 29.7 Å². The third-order valence-corrected chi connectivity index (χ3v) is 12.8. The number of nitrogens with zero attached hydrogens (tertiary/aromatic N) is 4. The molecule has 4 heterocycles. The summed E-state index contributed by atoms with van der Waals surface area (Å²) in [5.74, 6) is 1.67. The van der Waals surface area contributed by atoms with E-state index < -0.39 is 30.3 Å². The summed E-state index contributed by atoms with van der Waals surface area (Å²) in [5, 5.41) is 5.43. The Labute approximate surface area is 356 Å². The molecule has 0 saturated heterocycles. The Balaban J connectivity index is 1.03. The van der Waals surface area contributed by atoms with Gasteiger partial charge in [-0.25, -0.2) is 19.6 Å². The summed E-state index contributed by atoms with van der Waals surface area (Å²) in [6.07, 6.45) is 10.00. The number of ether oxygens (including phenoxy) is 2. The molecule has 6 atom stereocenters. The van der Waals surface area contributed by atoms with Crippen LogP contribution in [0.15, 0.2) is 72.1 Å². The summed E-state index contributed by atoms with van der Waals surface area (Å²) in [4.78, 5) is 72.0. The molecule has 2 aromatic heterocycles. The average molecular weight is 829 g/mol. The molecule has 8 rings (SSSR count). The molecule has 14 nitrogen and oxygen atoms in total. The smallest absolute Gasteiger partial charge is 0.407 e. The number of alkyl carbamates (subject to hydrolysis) is 2. The standard InChI is InChI=1S/C47H56N8O6/c1-24(2)40(52-46(58)60-7)44(56)54-22-26(5)17-36(54)42-48-20-34(50-42)29-11-9-28(10-12-29)32-15-16-33(39-31-14-13-30(19-31)38(32)39)35-21-49-43(51-35)37-18-27(6)23-55(37)45(57)41(25(3)4)53-47(59)61-8/h9-12,15-18,20-21,24-25,30-31,36-37,40-41H,13-14,19,22-23H2,1-8H3,(H,48,50)(H,49,51)(H,52,58)(H,53,59). The van der Waals surface area contributed by atoms with Crippen molar-refractivity contribution in [1.82, 2.24) is 40.4 Å². The van der Waals surface area contributed by atoms with Crippen LogP contribution in [0.5, 0.6) is 0 Å². The Kier molecular flexibility index (Phi) is 11.4. The number of fused-ring (bicyclic) bond motifs is 5. The van der Waals surface area contributed by atoms with Crippen LogP contribution in [0.25, 0.3) is 33.6 Å². The second kappa shape index (κ2) is 16.7. The molecule has 2 aliphatic carbocycles. The fourth-order valence-electron chi connectivity index (χ4n) is 9.79. The summed E-state index contributed by atoms with van der Waals surface area (Å²) in [6.45, 7) is 12.5. The highest BCUT2D eigenvalue weighted by molar-refractivity contribution is 5.88. The average Bonchev–Trinajstić information content (AvgIpc) is 4.12. The molecule has 4 N–H and O–H groups in total. The van der Waals surface area contributed by atoms with Crippen molar-refractivity contribution in [3.8, 4) is 33.6 Å². The summed E-state index contributed by atoms with van der Waals surface area (Å²) < 4.78 is 9.61. The first-order valence-corrected chi connectivity index (χ1v) is 21.3. The number of H-pyrrole nitrogens is 2. The van der Waals surface area contributed by atoms with Gasteiger partial charge in [0.2, 0.25) is 11.8 Å². The van der Waals surface area contributed by atoms with Crippen LogP contribution in [0.3, 0.4) is 0 Å². The number of methoxy groups -OCH3 is 2. The zero-order valence-corrected chi connectivity index (χ0v) is 36.2. The van der Waals surface area contributed by atoms with Gasteiger partial charge in [-0.1, -0.05) is 87.4 Å². The Morgan fingerprint density at radius 1 is 0.656 bits per heavy atom. The fraction of sp³-hybridized carbons (Fsp3) is 0.447. The van der Waals surface area contributed by atoms with Crippen LogP contribution in [0.4, 0.5) is 9.59 Å². The molecule has 320 valence electrons. The molecular formula is C47H56N8O6. The van der Waals surface area contributed by atoms with E-state index in [4.69, 9.17) is 19.4 Å². The zero-order chi connectivity index (χ0) is 43.3. The minimum absolute atomic E-state index is 0.136. The van der Waals surface area contributed by atoms with Crippen LogP contribution in [-0.4, -0.2) is 93.1 Å². The molecule has 2 aliphatic heterocycles. The molecule has 1 saturated carbocycles. The van der Waals surface area contributed by atoms with Crippen LogP contribution < -0.4 is 10.6 Å². The number of hydrogen-bond acceptors (Lipinski definition) is 8. The quantitative estimate of drug-likeness (QED) is 0.110. The molecule has 6 unspecified atom stereocenters. The fourth-order valence-corrected chi connectivity index (χ4v) is 9.79. The van der Waals surface area contributed by atoms with Gasteiger partial charge in [-0.3, -0.25) is 9.59 Å². The molecule has 14 heteroatoms. The topological polar surface area (TPSA) is 175 Å². The summed E-state index contributed by atoms with van der Waals surface area (Å²) >= 11 is 0. The third-order valence-electron chi connectivity index (χ3n) is 12.8. The van der Waals surface area contributed by atoms with Crippen molar-refractivity contribution in [2.75, 3.05) is 27.3 Å². The lowest BCUT2D eigenvalue weighted by atomic mass is 9.82. The lowest BCUT2D eigenvalue weighted by Crippen LogP contribution is -2.51. The molecular weight excluding hydrogens is 773 g/mol. The lowest BCUT2D eigenvalue weighted by Gasteiger charge is -2.30. The normalized spacial score (nSPS) is 21.3. The second-order valence-electron chi connectivity index (χ2n) is 17.7. The Morgan fingerprint density at radius 3 is 1.59 bits per heavy atom. The monoisotopic (exact) mass is 828 g/mol. The highest BCUT2D eigenvalue weighted by atomic mass is 16.5. The second-order valence-corrected chi connectivity index (χ2v) is 17.7. The van der Waals surface area contributed by atoms with Crippen LogP contribution in [0, 0.1) is 11.8 Å². The molecule has 0 radical (unpaired) electrons. The van der Waals surface area contributed by atoms with E-state index in [9.17, 15) is 19.2 Å². The molecule has 61 heavy (non-hydrogen) atoms. The van der Waals surface area contributed by atoms with E-state index in [0.717, 1.165) is 52.1 Å². The Morgan fingerprint density at radius 2 is 1.10 bits per heavy atom. The summed E-state index contributed by atoms with van der Waals surface area (Å²) in [6, 6.07) is 10.8. The maximum atomic E-state index is 13.9. The first-order valence-electron chi connectivity index (χ1n) is 21.3. The van der Waals surface area contributed by atoms with E-state index in [1.54, 1.807) is 9.80 Å². The van der Waals surface area contributed by atoms with Gasteiger partial charge in [-0.15, -0.1) is 0 Å². The van der Waals surface area contributed by atoms with E-state index in [1.165, 1.54) is 37.3 Å². The predicted octanol–water partition coefficient (Wildman–Crippen LogP) is 7.92. The van der Waals surface area contributed by atoms with Crippen molar-refractivity contribution in [3.05, 3.63) is 94.9 Å². The number of rotatable bonds is 11. The lowest BCUT2D eigenvalue weighted by molar-refractivity contribution is -0.135. The number of carbonyl (C=O) groups is 4. The minimum atomic E-state index is -0.734. The van der Waals surface area contributed by atoms with Gasteiger partial charge in [0.15, 0.2) is 0 Å². The van der Waals surface area contributed by atoms with E-state index >= 15 is 0 Å². The van der Waals surface area contributed by atoms with Gasteiger partial charge < -0.3 is 39.9 Å². The van der Waals surface area contributed by atoms with Crippen molar-refractivity contribution in [1.29, 1.82) is 0 Å². The molecule has 2 bridgehead atoms. The number of imidazole rings is 2. The van der Waals surface area contributed by atoms with Crippen LogP contribution >= 0.6 is 0 Å². The van der Waals surface area contributed by atoms with Crippen molar-refractivity contribution < 1.29 is 28.7 Å². The van der Waals surface area contributed by atoms with Crippen LogP contribution in [0.2, 0.25) is 0 Å². The van der Waals surface area contributed by atoms with Crippen molar-refractivity contribution in [2.24, 2.45) is 11.8 Å². The van der Waals surface area contributed by atoms with Crippen LogP contribution in [0.1, 0.15) is 108 Å². The number of benzene rings is 2. The highest BCUT2D eigenvalue weighted by Crippen LogP contribution is 2.58.